The topological polar surface area (TPSA) is 0 Å². The van der Waals surface area contributed by atoms with Crippen molar-refractivity contribution in [2.75, 3.05) is 0 Å². The Morgan fingerprint density at radius 2 is 2.00 bits per heavy atom. The Hall–Kier alpha value is 0.790. The molecule has 0 rings (SSSR count). The van der Waals surface area contributed by atoms with Crippen molar-refractivity contribution in [3.63, 3.8) is 0 Å². The standard InChI is InChI=1S/C4H10Te/c1-4(2)3-5/h4-5H,3H2,1-2H3/p+1. The Morgan fingerprint density at radius 1 is 1.80 bits per heavy atom. The maximum atomic E-state index is 2.23. The van der Waals surface area contributed by atoms with E-state index in [1.807, 2.05) is 22.3 Å². The Labute approximate surface area is 48.3 Å². The molecule has 32 valence electrons. The van der Waals surface area contributed by atoms with Gasteiger partial charge in [0.15, 0.2) is 0 Å². The van der Waals surface area contributed by atoms with Crippen molar-refractivity contribution < 1.29 is 1.43 Å². The van der Waals surface area contributed by atoms with Crippen molar-refractivity contribution in [3.05, 3.63) is 0 Å². The Balaban J connectivity index is 0. The minimum atomic E-state index is 0. The van der Waals surface area contributed by atoms with Crippen LogP contribution in [0.4, 0.5) is 0 Å². The molecule has 0 aromatic heterocycles. The molecular weight excluding hydrogens is 176 g/mol. The molecule has 0 aliphatic rings. The van der Waals surface area contributed by atoms with E-state index in [0.717, 1.165) is 5.92 Å². The summed E-state index contributed by atoms with van der Waals surface area (Å²) in [7, 11) is 0. The monoisotopic (exact) mass is 189 g/mol. The van der Waals surface area contributed by atoms with Gasteiger partial charge in [0.2, 0.25) is 0 Å². The van der Waals surface area contributed by atoms with E-state index in [2.05, 4.69) is 13.8 Å². The first-order valence-corrected chi connectivity index (χ1v) is 3.68. The van der Waals surface area contributed by atoms with Crippen LogP contribution >= 0.6 is 0 Å². The third-order valence-electron chi connectivity index (χ3n) is 0.365. The van der Waals surface area contributed by atoms with Crippen LogP contribution < -0.4 is 0 Å². The summed E-state index contributed by atoms with van der Waals surface area (Å²) < 4.78 is 1.36. The van der Waals surface area contributed by atoms with Gasteiger partial charge in [0.25, 0.3) is 0 Å². The maximum Gasteiger partial charge on any atom is 1.00 e. The summed E-state index contributed by atoms with van der Waals surface area (Å²) in [5.74, 6) is 0.906. The fraction of sp³-hybridized carbons (Fsp3) is 1.00. The number of hydrogen-bond acceptors (Lipinski definition) is 0. The average Bonchev–Trinajstić information content (AvgIpc) is 1.38. The first-order valence-electron chi connectivity index (χ1n) is 1.88. The third kappa shape index (κ3) is 4.79. The van der Waals surface area contributed by atoms with Crippen LogP contribution in [0.3, 0.4) is 0 Å². The molecule has 0 heterocycles. The van der Waals surface area contributed by atoms with Crippen LogP contribution in [0.15, 0.2) is 0 Å². The zero-order valence-corrected chi connectivity index (χ0v) is 6.28. The SMILES string of the molecule is CC(C)C[TeH].[H+]. The van der Waals surface area contributed by atoms with Gasteiger partial charge in [-0.2, -0.15) is 0 Å². The van der Waals surface area contributed by atoms with Gasteiger partial charge >= 0.3 is 48.0 Å². The smallest absolute Gasteiger partial charge is 1.00 e. The molecule has 1 heteroatoms. The van der Waals surface area contributed by atoms with E-state index in [0.29, 0.717) is 0 Å². The molecule has 0 bridgehead atoms. The molecule has 0 aromatic carbocycles. The molecule has 0 saturated carbocycles. The molecule has 0 radical (unpaired) electrons. The fourth-order valence-corrected chi connectivity index (χ4v) is 0. The number of rotatable bonds is 1. The summed E-state index contributed by atoms with van der Waals surface area (Å²) in [6, 6.07) is 0. The van der Waals surface area contributed by atoms with Crippen LogP contribution in [-0.2, 0) is 0 Å². The summed E-state index contributed by atoms with van der Waals surface area (Å²) in [4.78, 5) is 0. The first kappa shape index (κ1) is 5.79. The van der Waals surface area contributed by atoms with E-state index >= 15 is 0 Å². The van der Waals surface area contributed by atoms with Crippen molar-refractivity contribution in [1.82, 2.24) is 0 Å². The second-order valence-corrected chi connectivity index (χ2v) is 2.62. The normalized spacial score (nSPS) is 9.60. The van der Waals surface area contributed by atoms with Gasteiger partial charge < -0.3 is 0 Å². The van der Waals surface area contributed by atoms with E-state index in [9.17, 15) is 0 Å². The van der Waals surface area contributed by atoms with Crippen LogP contribution in [0.2, 0.25) is 4.47 Å². The van der Waals surface area contributed by atoms with Crippen LogP contribution in [0.25, 0.3) is 0 Å². The second-order valence-electron chi connectivity index (χ2n) is 1.58. The molecule has 0 unspecified atom stereocenters. The summed E-state index contributed by atoms with van der Waals surface area (Å²) in [6.07, 6.45) is 0. The Bertz CT molecular complexity index is 21.5. The second kappa shape index (κ2) is 3.00. The van der Waals surface area contributed by atoms with Crippen LogP contribution in [0, 0.1) is 5.92 Å². The molecule has 0 amide bonds. The van der Waals surface area contributed by atoms with Crippen LogP contribution in [0.5, 0.6) is 0 Å². The van der Waals surface area contributed by atoms with Gasteiger partial charge in [0.05, 0.1) is 0 Å². The van der Waals surface area contributed by atoms with Gasteiger partial charge in [-0.05, 0) is 0 Å². The molecule has 0 spiro atoms. The van der Waals surface area contributed by atoms with E-state index < -0.39 is 0 Å². The molecule has 0 aliphatic heterocycles. The first-order chi connectivity index (χ1) is 2.27. The molecular formula is C4H11Te+. The van der Waals surface area contributed by atoms with Crippen molar-refractivity contribution in [2.24, 2.45) is 5.92 Å². The van der Waals surface area contributed by atoms with Crippen molar-refractivity contribution in [3.8, 4) is 0 Å². The largest absolute Gasteiger partial charge is 1.00 e. The molecule has 0 fully saturated rings. The Kier molecular flexibility index (Phi) is 3.47. The van der Waals surface area contributed by atoms with Gasteiger partial charge in [-0.1, -0.05) is 0 Å². The number of hydrogen-bond donors (Lipinski definition) is 0. The molecule has 5 heavy (non-hydrogen) atoms. The van der Waals surface area contributed by atoms with Gasteiger partial charge in [0, 0.05) is 0 Å². The van der Waals surface area contributed by atoms with E-state index in [1.54, 1.807) is 0 Å². The molecule has 0 nitrogen and oxygen atoms in total. The minimum absolute atomic E-state index is 0. The summed E-state index contributed by atoms with van der Waals surface area (Å²) >= 11 is 1.90. The molecule has 0 atom stereocenters. The average molecular weight is 187 g/mol. The molecule has 0 aromatic rings. The van der Waals surface area contributed by atoms with E-state index in [4.69, 9.17) is 0 Å². The summed E-state index contributed by atoms with van der Waals surface area (Å²) in [5.41, 5.74) is 0. The van der Waals surface area contributed by atoms with E-state index in [-0.39, 0.29) is 1.43 Å². The van der Waals surface area contributed by atoms with Crippen LogP contribution in [-0.4, -0.2) is 22.3 Å². The maximum absolute atomic E-state index is 2.23. The van der Waals surface area contributed by atoms with Gasteiger partial charge in [-0.3, -0.25) is 0 Å². The fourth-order valence-electron chi connectivity index (χ4n) is 0. The predicted molar refractivity (Wildman–Crippen MR) is 27.9 cm³/mol. The van der Waals surface area contributed by atoms with Gasteiger partial charge in [-0.25, -0.2) is 0 Å². The van der Waals surface area contributed by atoms with Crippen LogP contribution in [0.1, 0.15) is 15.3 Å². The van der Waals surface area contributed by atoms with Gasteiger partial charge in [0.1, 0.15) is 0 Å². The Morgan fingerprint density at radius 3 is 2.00 bits per heavy atom. The third-order valence-corrected chi connectivity index (χ3v) is 2.45. The summed E-state index contributed by atoms with van der Waals surface area (Å²) in [5, 5.41) is 0. The van der Waals surface area contributed by atoms with Crippen molar-refractivity contribution >= 4 is 22.3 Å². The quantitative estimate of drug-likeness (QED) is 0.538. The zero-order valence-electron chi connectivity index (χ0n) is 4.73. The van der Waals surface area contributed by atoms with E-state index in [1.165, 1.54) is 4.47 Å². The van der Waals surface area contributed by atoms with Crippen molar-refractivity contribution in [2.45, 2.75) is 18.3 Å². The summed E-state index contributed by atoms with van der Waals surface area (Å²) in [6.45, 7) is 4.47. The predicted octanol–water partition coefficient (Wildman–Crippen LogP) is 1.07. The zero-order chi connectivity index (χ0) is 4.28. The van der Waals surface area contributed by atoms with Crippen molar-refractivity contribution in [1.29, 1.82) is 0 Å². The molecule has 0 N–H and O–H groups in total. The minimum Gasteiger partial charge on any atom is 1.00 e. The molecule has 0 saturated heterocycles. The molecule has 0 aliphatic carbocycles. The van der Waals surface area contributed by atoms with Gasteiger partial charge in [-0.15, -0.1) is 0 Å².